The van der Waals surface area contributed by atoms with Crippen molar-refractivity contribution in [3.8, 4) is 5.75 Å². The van der Waals surface area contributed by atoms with Gasteiger partial charge >= 0.3 is 5.97 Å². The molecule has 2 aliphatic rings. The largest absolute Gasteiger partial charge is 0.494 e. The maximum atomic E-state index is 14.9. The first-order valence-corrected chi connectivity index (χ1v) is 8.71. The molecule has 5 nitrogen and oxygen atoms in total. The molecule has 0 saturated heterocycles. The summed E-state index contributed by atoms with van der Waals surface area (Å²) in [5.41, 5.74) is 0.0803. The van der Waals surface area contributed by atoms with Crippen molar-refractivity contribution in [2.24, 2.45) is 0 Å². The van der Waals surface area contributed by atoms with Gasteiger partial charge in [0.2, 0.25) is 5.43 Å². The van der Waals surface area contributed by atoms with E-state index in [9.17, 15) is 19.1 Å². The number of carbonyl (C=O) groups is 1. The molecule has 0 unspecified atom stereocenters. The lowest BCUT2D eigenvalue weighted by atomic mass is 9.93. The second kappa shape index (κ2) is 5.86. The lowest BCUT2D eigenvalue weighted by Crippen LogP contribution is -2.20. The molecule has 0 radical (unpaired) electrons. The lowest BCUT2D eigenvalue weighted by Gasteiger charge is -2.21. The van der Waals surface area contributed by atoms with Gasteiger partial charge in [-0.05, 0) is 37.7 Å². The van der Waals surface area contributed by atoms with E-state index in [1.54, 1.807) is 4.57 Å². The van der Waals surface area contributed by atoms with Crippen molar-refractivity contribution in [2.45, 2.75) is 50.5 Å². The number of hydrogen-bond acceptors (Lipinski definition) is 3. The van der Waals surface area contributed by atoms with Crippen LogP contribution in [0.5, 0.6) is 5.75 Å². The van der Waals surface area contributed by atoms with Crippen molar-refractivity contribution < 1.29 is 19.0 Å². The monoisotopic (exact) mass is 345 g/mol. The number of pyridine rings is 1. The summed E-state index contributed by atoms with van der Waals surface area (Å²) >= 11 is 0. The number of carboxylic acids is 1. The number of aromatic nitrogens is 1. The van der Waals surface area contributed by atoms with E-state index < -0.39 is 17.2 Å². The van der Waals surface area contributed by atoms with Crippen molar-refractivity contribution in [2.75, 3.05) is 7.11 Å². The maximum Gasteiger partial charge on any atom is 0.341 e. The highest BCUT2D eigenvalue weighted by atomic mass is 19.1. The Kier molecular flexibility index (Phi) is 3.78. The molecule has 4 rings (SSSR count). The number of aromatic carboxylic acids is 1. The van der Waals surface area contributed by atoms with Crippen LogP contribution in [-0.4, -0.2) is 22.8 Å². The summed E-state index contributed by atoms with van der Waals surface area (Å²) < 4.78 is 22.3. The fourth-order valence-electron chi connectivity index (χ4n) is 4.06. The van der Waals surface area contributed by atoms with Crippen molar-refractivity contribution in [3.05, 3.63) is 39.4 Å². The molecule has 2 aromatic rings. The van der Waals surface area contributed by atoms with E-state index in [-0.39, 0.29) is 22.9 Å². The summed E-state index contributed by atoms with van der Waals surface area (Å²) in [7, 11) is 1.49. The van der Waals surface area contributed by atoms with Crippen molar-refractivity contribution in [3.63, 3.8) is 0 Å². The average Bonchev–Trinajstić information content (AvgIpc) is 3.29. The molecule has 2 aliphatic carbocycles. The van der Waals surface area contributed by atoms with Crippen molar-refractivity contribution in [1.82, 2.24) is 4.57 Å². The zero-order valence-corrected chi connectivity index (χ0v) is 14.0. The number of ether oxygens (including phenoxy) is 1. The number of carboxylic acid groups (broad SMARTS) is 1. The first-order valence-electron chi connectivity index (χ1n) is 8.71. The van der Waals surface area contributed by atoms with E-state index in [0.29, 0.717) is 16.8 Å². The van der Waals surface area contributed by atoms with Crippen LogP contribution in [0.2, 0.25) is 0 Å². The molecule has 0 spiro atoms. The summed E-state index contributed by atoms with van der Waals surface area (Å²) in [6.07, 6.45) is 7.13. The molecule has 0 bridgehead atoms. The minimum atomic E-state index is -1.29. The number of nitrogens with zero attached hydrogens (tertiary/aromatic N) is 1. The van der Waals surface area contributed by atoms with Crippen LogP contribution in [0, 0.1) is 5.82 Å². The number of benzene rings is 1. The van der Waals surface area contributed by atoms with E-state index in [4.69, 9.17) is 4.74 Å². The van der Waals surface area contributed by atoms with Crippen LogP contribution in [-0.2, 0) is 0 Å². The van der Waals surface area contributed by atoms with E-state index in [1.165, 1.54) is 19.4 Å². The van der Waals surface area contributed by atoms with Crippen LogP contribution in [0.25, 0.3) is 10.9 Å². The van der Waals surface area contributed by atoms with Gasteiger partial charge in [-0.1, -0.05) is 12.8 Å². The Balaban J connectivity index is 2.10. The highest BCUT2D eigenvalue weighted by molar-refractivity contribution is 5.95. The third kappa shape index (κ3) is 2.51. The third-order valence-corrected chi connectivity index (χ3v) is 5.40. The van der Waals surface area contributed by atoms with Gasteiger partial charge in [-0.3, -0.25) is 4.79 Å². The SMILES string of the molecule is COc1c(C2CCCC2)c(F)cc2c(=O)c(C(=O)O)cn(C3CC3)c12. The van der Waals surface area contributed by atoms with Crippen LogP contribution >= 0.6 is 0 Å². The molecule has 132 valence electrons. The van der Waals surface area contributed by atoms with Crippen LogP contribution < -0.4 is 10.2 Å². The molecule has 0 amide bonds. The average molecular weight is 345 g/mol. The van der Waals surface area contributed by atoms with Crippen molar-refractivity contribution >= 4 is 16.9 Å². The topological polar surface area (TPSA) is 68.5 Å². The predicted molar refractivity (Wildman–Crippen MR) is 91.2 cm³/mol. The van der Waals surface area contributed by atoms with Gasteiger partial charge in [0.05, 0.1) is 18.0 Å². The van der Waals surface area contributed by atoms with Crippen molar-refractivity contribution in [1.29, 1.82) is 0 Å². The number of rotatable bonds is 4. The normalized spacial score (nSPS) is 18.0. The Morgan fingerprint density at radius 1 is 1.28 bits per heavy atom. The Labute approximate surface area is 144 Å². The number of halogens is 1. The summed E-state index contributed by atoms with van der Waals surface area (Å²) in [4.78, 5) is 24.0. The van der Waals surface area contributed by atoms with Gasteiger partial charge in [-0.25, -0.2) is 9.18 Å². The minimum absolute atomic E-state index is 0.0845. The molecule has 2 fully saturated rings. The molecular formula is C19H20FNO4. The fraction of sp³-hybridized carbons (Fsp3) is 0.474. The predicted octanol–water partition coefficient (Wildman–Crippen LogP) is 3.84. The van der Waals surface area contributed by atoms with E-state index in [0.717, 1.165) is 38.5 Å². The molecule has 6 heteroatoms. The molecule has 2 saturated carbocycles. The molecular weight excluding hydrogens is 325 g/mol. The lowest BCUT2D eigenvalue weighted by molar-refractivity contribution is 0.0695. The standard InChI is InChI=1S/C19H20FNO4/c1-25-18-15(10-4-2-3-5-10)14(20)8-12-16(18)21(11-6-7-11)9-13(17(12)22)19(23)24/h8-11H,2-7H2,1H3,(H,23,24). The maximum absolute atomic E-state index is 14.9. The zero-order valence-electron chi connectivity index (χ0n) is 14.0. The Bertz CT molecular complexity index is 923. The van der Waals surface area contributed by atoms with Gasteiger partial charge in [0.25, 0.3) is 0 Å². The first kappa shape index (κ1) is 16.1. The number of fused-ring (bicyclic) bond motifs is 1. The van der Waals surface area contributed by atoms with Crippen LogP contribution in [0.15, 0.2) is 17.1 Å². The van der Waals surface area contributed by atoms with Crippen LogP contribution in [0.3, 0.4) is 0 Å². The summed E-state index contributed by atoms with van der Waals surface area (Å²) in [5.74, 6) is -1.29. The summed E-state index contributed by atoms with van der Waals surface area (Å²) in [6.45, 7) is 0. The Morgan fingerprint density at radius 2 is 1.96 bits per heavy atom. The summed E-state index contributed by atoms with van der Waals surface area (Å²) in [5, 5.41) is 9.42. The Hall–Kier alpha value is -2.37. The molecule has 1 heterocycles. The van der Waals surface area contributed by atoms with Gasteiger partial charge in [0, 0.05) is 17.8 Å². The van der Waals surface area contributed by atoms with E-state index in [2.05, 4.69) is 0 Å². The molecule has 0 atom stereocenters. The van der Waals surface area contributed by atoms with Gasteiger partial charge < -0.3 is 14.4 Å². The highest BCUT2D eigenvalue weighted by Gasteiger charge is 2.32. The zero-order chi connectivity index (χ0) is 17.7. The van der Waals surface area contributed by atoms with E-state index >= 15 is 0 Å². The quantitative estimate of drug-likeness (QED) is 0.914. The molecule has 1 N–H and O–H groups in total. The van der Waals surface area contributed by atoms with Crippen LogP contribution in [0.4, 0.5) is 4.39 Å². The molecule has 1 aromatic carbocycles. The number of methoxy groups -OCH3 is 1. The molecule has 1 aromatic heterocycles. The highest BCUT2D eigenvalue weighted by Crippen LogP contribution is 2.45. The van der Waals surface area contributed by atoms with Crippen LogP contribution in [0.1, 0.15) is 66.4 Å². The van der Waals surface area contributed by atoms with Gasteiger partial charge in [-0.2, -0.15) is 0 Å². The molecule has 25 heavy (non-hydrogen) atoms. The first-order chi connectivity index (χ1) is 12.0. The smallest absolute Gasteiger partial charge is 0.341 e. The minimum Gasteiger partial charge on any atom is -0.494 e. The Morgan fingerprint density at radius 3 is 2.52 bits per heavy atom. The third-order valence-electron chi connectivity index (χ3n) is 5.40. The number of hydrogen-bond donors (Lipinski definition) is 1. The van der Waals surface area contributed by atoms with Gasteiger partial charge in [0.1, 0.15) is 17.1 Å². The van der Waals surface area contributed by atoms with Gasteiger partial charge in [-0.15, -0.1) is 0 Å². The second-order valence-electron chi connectivity index (χ2n) is 7.00. The van der Waals surface area contributed by atoms with E-state index in [1.807, 2.05) is 0 Å². The summed E-state index contributed by atoms with van der Waals surface area (Å²) in [6, 6.07) is 1.34. The molecule has 0 aliphatic heterocycles. The second-order valence-corrected chi connectivity index (χ2v) is 7.00. The van der Waals surface area contributed by atoms with Gasteiger partial charge in [0.15, 0.2) is 0 Å². The fourth-order valence-corrected chi connectivity index (χ4v) is 4.06.